The van der Waals surface area contributed by atoms with E-state index in [0.29, 0.717) is 12.2 Å². The van der Waals surface area contributed by atoms with E-state index in [4.69, 9.17) is 21.1 Å². The van der Waals surface area contributed by atoms with Crippen LogP contribution in [0.2, 0.25) is 5.02 Å². The van der Waals surface area contributed by atoms with Gasteiger partial charge in [-0.1, -0.05) is 35.9 Å². The van der Waals surface area contributed by atoms with Crippen LogP contribution in [0.3, 0.4) is 0 Å². The largest absolute Gasteiger partial charge is 0.489 e. The molecule has 1 atom stereocenters. The summed E-state index contributed by atoms with van der Waals surface area (Å²) in [5, 5.41) is 4.23. The van der Waals surface area contributed by atoms with Crippen molar-refractivity contribution in [2.24, 2.45) is 0 Å². The molecule has 1 aliphatic heterocycles. The van der Waals surface area contributed by atoms with Gasteiger partial charge in [0.05, 0.1) is 25.3 Å². The highest BCUT2D eigenvalue weighted by Gasteiger charge is 2.24. The smallest absolute Gasteiger partial charge is 0.337 e. The standard InChI is InChI=1S/C24H24ClN3O3/c1-16(18-5-7-19(8-6-18)24(29)30-2)27-23-22-21(11-12-26-23)31-14-13-28(22)15-17-3-9-20(25)10-4-17/h3-12,16H,13-15H2,1-2H3,(H,26,27). The summed E-state index contributed by atoms with van der Waals surface area (Å²) < 4.78 is 10.7. The van der Waals surface area contributed by atoms with Crippen LogP contribution in [0, 0.1) is 0 Å². The topological polar surface area (TPSA) is 63.7 Å². The Kier molecular flexibility index (Phi) is 6.28. The molecule has 1 N–H and O–H groups in total. The van der Waals surface area contributed by atoms with Crippen molar-refractivity contribution in [2.45, 2.75) is 19.5 Å². The van der Waals surface area contributed by atoms with Gasteiger partial charge in [0.2, 0.25) is 0 Å². The quantitative estimate of drug-likeness (QED) is 0.542. The maximum Gasteiger partial charge on any atom is 0.337 e. The molecular weight excluding hydrogens is 414 g/mol. The molecule has 6 nitrogen and oxygen atoms in total. The first-order valence-electron chi connectivity index (χ1n) is 10.1. The third kappa shape index (κ3) is 4.75. The average Bonchev–Trinajstić information content (AvgIpc) is 2.80. The number of rotatable bonds is 6. The molecule has 0 radical (unpaired) electrons. The number of esters is 1. The van der Waals surface area contributed by atoms with Gasteiger partial charge in [-0.3, -0.25) is 0 Å². The minimum atomic E-state index is -0.346. The number of anilines is 2. The number of methoxy groups -OCH3 is 1. The number of aromatic nitrogens is 1. The molecule has 2 heterocycles. The van der Waals surface area contributed by atoms with E-state index in [0.717, 1.165) is 40.9 Å². The minimum absolute atomic E-state index is 0.0231. The van der Waals surface area contributed by atoms with Crippen molar-refractivity contribution < 1.29 is 14.3 Å². The van der Waals surface area contributed by atoms with Gasteiger partial charge in [0.15, 0.2) is 5.82 Å². The van der Waals surface area contributed by atoms with E-state index < -0.39 is 0 Å². The van der Waals surface area contributed by atoms with Crippen LogP contribution in [0.4, 0.5) is 11.5 Å². The van der Waals surface area contributed by atoms with Crippen molar-refractivity contribution in [2.75, 3.05) is 30.5 Å². The number of carbonyl (C=O) groups excluding carboxylic acids is 1. The fourth-order valence-corrected chi connectivity index (χ4v) is 3.75. The van der Waals surface area contributed by atoms with Gasteiger partial charge < -0.3 is 19.7 Å². The fourth-order valence-electron chi connectivity index (χ4n) is 3.62. The summed E-state index contributed by atoms with van der Waals surface area (Å²) in [6.07, 6.45) is 1.75. The van der Waals surface area contributed by atoms with Crippen molar-refractivity contribution >= 4 is 29.1 Å². The van der Waals surface area contributed by atoms with Crippen molar-refractivity contribution in [1.82, 2.24) is 4.98 Å². The molecule has 0 aliphatic carbocycles. The Hall–Kier alpha value is -3.25. The van der Waals surface area contributed by atoms with Gasteiger partial charge in [0, 0.05) is 23.8 Å². The maximum atomic E-state index is 11.7. The van der Waals surface area contributed by atoms with Crippen LogP contribution in [0.15, 0.2) is 60.8 Å². The number of hydrogen-bond donors (Lipinski definition) is 1. The van der Waals surface area contributed by atoms with E-state index >= 15 is 0 Å². The molecule has 7 heteroatoms. The number of benzene rings is 2. The number of pyridine rings is 1. The second kappa shape index (κ2) is 9.27. The monoisotopic (exact) mass is 437 g/mol. The molecule has 1 aliphatic rings. The normalized spacial score (nSPS) is 13.7. The third-order valence-corrected chi connectivity index (χ3v) is 5.55. The molecule has 1 aromatic heterocycles. The first kappa shape index (κ1) is 21.0. The van der Waals surface area contributed by atoms with Gasteiger partial charge in [-0.05, 0) is 42.3 Å². The zero-order valence-electron chi connectivity index (χ0n) is 17.5. The fraction of sp³-hybridized carbons (Fsp3) is 0.250. The summed E-state index contributed by atoms with van der Waals surface area (Å²) in [6.45, 7) is 4.17. The van der Waals surface area contributed by atoms with Gasteiger partial charge in [-0.15, -0.1) is 0 Å². The highest BCUT2D eigenvalue weighted by molar-refractivity contribution is 6.30. The number of halogens is 1. The molecule has 3 aromatic rings. The lowest BCUT2D eigenvalue weighted by molar-refractivity contribution is 0.0600. The number of fused-ring (bicyclic) bond motifs is 1. The number of hydrogen-bond acceptors (Lipinski definition) is 6. The Labute approximate surface area is 186 Å². The highest BCUT2D eigenvalue weighted by atomic mass is 35.5. The summed E-state index contributed by atoms with van der Waals surface area (Å²) in [5.41, 5.74) is 3.67. The average molecular weight is 438 g/mol. The Morgan fingerprint density at radius 1 is 1.19 bits per heavy atom. The van der Waals surface area contributed by atoms with E-state index in [1.165, 1.54) is 12.7 Å². The predicted molar refractivity (Wildman–Crippen MR) is 122 cm³/mol. The lowest BCUT2D eigenvalue weighted by Gasteiger charge is -2.33. The van der Waals surface area contributed by atoms with Crippen molar-refractivity contribution in [1.29, 1.82) is 0 Å². The van der Waals surface area contributed by atoms with E-state index in [1.54, 1.807) is 18.3 Å². The summed E-state index contributed by atoms with van der Waals surface area (Å²) in [7, 11) is 1.38. The van der Waals surface area contributed by atoms with Crippen LogP contribution < -0.4 is 15.0 Å². The SMILES string of the molecule is COC(=O)c1ccc(C(C)Nc2nccc3c2N(Cc2ccc(Cl)cc2)CCO3)cc1. The van der Waals surface area contributed by atoms with Crippen molar-refractivity contribution in [3.05, 3.63) is 82.5 Å². The summed E-state index contributed by atoms with van der Waals surface area (Å²) in [5.74, 6) is 1.22. The molecule has 31 heavy (non-hydrogen) atoms. The number of ether oxygens (including phenoxy) is 2. The van der Waals surface area contributed by atoms with Gasteiger partial charge >= 0.3 is 5.97 Å². The van der Waals surface area contributed by atoms with Crippen LogP contribution >= 0.6 is 11.6 Å². The van der Waals surface area contributed by atoms with Gasteiger partial charge in [-0.2, -0.15) is 0 Å². The van der Waals surface area contributed by atoms with Crippen molar-refractivity contribution in [3.63, 3.8) is 0 Å². The molecule has 0 saturated heterocycles. The number of nitrogens with one attached hydrogen (secondary N) is 1. The molecule has 1 unspecified atom stereocenters. The molecule has 0 bridgehead atoms. The molecule has 0 spiro atoms. The highest BCUT2D eigenvalue weighted by Crippen LogP contribution is 2.39. The Morgan fingerprint density at radius 2 is 1.94 bits per heavy atom. The van der Waals surface area contributed by atoms with Gasteiger partial charge in [0.25, 0.3) is 0 Å². The number of carbonyl (C=O) groups is 1. The maximum absolute atomic E-state index is 11.7. The van der Waals surface area contributed by atoms with Crippen LogP contribution in [-0.4, -0.2) is 31.2 Å². The van der Waals surface area contributed by atoms with E-state index in [2.05, 4.69) is 22.1 Å². The predicted octanol–water partition coefficient (Wildman–Crippen LogP) is 5.09. The zero-order chi connectivity index (χ0) is 21.8. The lowest BCUT2D eigenvalue weighted by Crippen LogP contribution is -2.33. The van der Waals surface area contributed by atoms with E-state index in [1.807, 2.05) is 42.5 Å². The van der Waals surface area contributed by atoms with Crippen LogP contribution in [0.1, 0.15) is 34.5 Å². The minimum Gasteiger partial charge on any atom is -0.489 e. The van der Waals surface area contributed by atoms with Crippen LogP contribution in [0.25, 0.3) is 0 Å². The molecule has 0 fully saturated rings. The van der Waals surface area contributed by atoms with Crippen LogP contribution in [-0.2, 0) is 11.3 Å². The number of nitrogens with zero attached hydrogens (tertiary/aromatic N) is 2. The van der Waals surface area contributed by atoms with Gasteiger partial charge in [0.1, 0.15) is 18.0 Å². The summed E-state index contributed by atoms with van der Waals surface area (Å²) in [6, 6.07) is 17.1. The Bertz CT molecular complexity index is 1050. The zero-order valence-corrected chi connectivity index (χ0v) is 18.2. The molecule has 4 rings (SSSR count). The molecule has 0 saturated carbocycles. The first-order chi connectivity index (χ1) is 15.0. The molecular formula is C24H24ClN3O3. The summed E-state index contributed by atoms with van der Waals surface area (Å²) in [4.78, 5) is 18.5. The van der Waals surface area contributed by atoms with Gasteiger partial charge in [-0.25, -0.2) is 9.78 Å². The second-order valence-electron chi connectivity index (χ2n) is 7.38. The lowest BCUT2D eigenvalue weighted by atomic mass is 10.1. The third-order valence-electron chi connectivity index (χ3n) is 5.29. The molecule has 160 valence electrons. The first-order valence-corrected chi connectivity index (χ1v) is 10.5. The molecule has 0 amide bonds. The van der Waals surface area contributed by atoms with Crippen molar-refractivity contribution in [3.8, 4) is 5.75 Å². The van der Waals surface area contributed by atoms with Crippen LogP contribution in [0.5, 0.6) is 5.75 Å². The summed E-state index contributed by atoms with van der Waals surface area (Å²) >= 11 is 6.03. The van der Waals surface area contributed by atoms with E-state index in [9.17, 15) is 4.79 Å². The van der Waals surface area contributed by atoms with E-state index in [-0.39, 0.29) is 12.0 Å². The Balaban J connectivity index is 1.56. The Morgan fingerprint density at radius 3 is 2.65 bits per heavy atom. The molecule has 2 aromatic carbocycles. The second-order valence-corrected chi connectivity index (χ2v) is 7.82.